The number of ether oxygens (including phenoxy) is 2. The Morgan fingerprint density at radius 2 is 1.60 bits per heavy atom. The number of anilines is 1. The molecule has 0 spiro atoms. The molecule has 1 N–H and O–H groups in total. The van der Waals surface area contributed by atoms with Gasteiger partial charge in [0.25, 0.3) is 11.8 Å². The van der Waals surface area contributed by atoms with E-state index in [0.29, 0.717) is 36.5 Å². The van der Waals surface area contributed by atoms with Gasteiger partial charge in [0.05, 0.1) is 42.6 Å². The summed E-state index contributed by atoms with van der Waals surface area (Å²) in [5.41, 5.74) is 3.89. The number of hydrogen-bond donors (Lipinski definition) is 1. The van der Waals surface area contributed by atoms with E-state index in [-0.39, 0.29) is 28.9 Å². The van der Waals surface area contributed by atoms with Crippen LogP contribution in [0.25, 0.3) is 0 Å². The number of piperazine rings is 1. The minimum absolute atomic E-state index is 0.216. The van der Waals surface area contributed by atoms with Crippen LogP contribution in [0.1, 0.15) is 69.1 Å². The SMILES string of the molecule is CCOc1cc([C@@H](CS(C)(=O)=O)N2C(=O)c3ccc(N4CCN(CCc5ccc(C6CCC(=O)NC6=O)cc5)CC4)cc3C2=O)ccc1OC. The van der Waals surface area contributed by atoms with Crippen LogP contribution in [0.5, 0.6) is 11.5 Å². The van der Waals surface area contributed by atoms with Gasteiger partial charge in [-0.2, -0.15) is 0 Å². The third-order valence-electron chi connectivity index (χ3n) is 9.62. The number of fused-ring (bicyclic) bond motifs is 1. The van der Waals surface area contributed by atoms with Crippen LogP contribution in [-0.2, 0) is 25.8 Å². The second-order valence-electron chi connectivity index (χ2n) is 13.0. The van der Waals surface area contributed by atoms with Crippen LogP contribution in [0, 0.1) is 0 Å². The molecule has 4 amide bonds. The van der Waals surface area contributed by atoms with E-state index in [9.17, 15) is 27.6 Å². The van der Waals surface area contributed by atoms with Gasteiger partial charge in [-0.15, -0.1) is 0 Å². The second-order valence-corrected chi connectivity index (χ2v) is 15.2. The van der Waals surface area contributed by atoms with Gasteiger partial charge in [0, 0.05) is 51.1 Å². The summed E-state index contributed by atoms with van der Waals surface area (Å²) in [5.74, 6) is -1.38. The van der Waals surface area contributed by atoms with Gasteiger partial charge in [0.15, 0.2) is 11.5 Å². The predicted octanol–water partition coefficient (Wildman–Crippen LogP) is 3.36. The fourth-order valence-corrected chi connectivity index (χ4v) is 7.86. The van der Waals surface area contributed by atoms with Crippen molar-refractivity contribution in [1.82, 2.24) is 15.1 Å². The largest absolute Gasteiger partial charge is 0.493 e. The summed E-state index contributed by atoms with van der Waals surface area (Å²) in [6.07, 6.45) is 2.83. The number of sulfone groups is 1. The smallest absolute Gasteiger partial charge is 0.262 e. The number of rotatable bonds is 12. The molecule has 3 aromatic carbocycles. The lowest BCUT2D eigenvalue weighted by Gasteiger charge is -2.36. The van der Waals surface area contributed by atoms with Gasteiger partial charge in [-0.1, -0.05) is 30.3 Å². The van der Waals surface area contributed by atoms with Crippen molar-refractivity contribution in [2.75, 3.05) is 63.3 Å². The highest BCUT2D eigenvalue weighted by molar-refractivity contribution is 7.90. The standard InChI is InChI=1S/C37H42N4O8S/c1-4-49-33-21-26(9-13-32(33)48-2)31(23-50(3,46)47)41-36(44)29-11-10-27(22-30(29)37(41)45)40-19-17-39(18-20-40)16-15-24-5-7-25(8-6-24)28-12-14-34(42)38-35(28)43/h5-11,13,21-22,28,31H,4,12,14-20,23H2,1-3H3,(H,38,42,43)/t28?,31-/m1/s1. The maximum atomic E-state index is 13.9. The number of carbonyl (C=O) groups excluding carboxylic acids is 4. The molecule has 0 radical (unpaired) electrons. The zero-order chi connectivity index (χ0) is 35.6. The quantitative estimate of drug-likeness (QED) is 0.279. The van der Waals surface area contributed by atoms with Crippen molar-refractivity contribution in [3.63, 3.8) is 0 Å². The molecule has 0 bridgehead atoms. The zero-order valence-corrected chi connectivity index (χ0v) is 29.3. The van der Waals surface area contributed by atoms with Gasteiger partial charge in [-0.05, 0) is 66.8 Å². The van der Waals surface area contributed by atoms with Crippen molar-refractivity contribution in [3.05, 3.63) is 88.5 Å². The van der Waals surface area contributed by atoms with Crippen molar-refractivity contribution in [3.8, 4) is 11.5 Å². The Morgan fingerprint density at radius 1 is 0.880 bits per heavy atom. The minimum Gasteiger partial charge on any atom is -0.493 e. The van der Waals surface area contributed by atoms with Gasteiger partial charge in [-0.3, -0.25) is 34.3 Å². The molecule has 0 aromatic heterocycles. The molecular formula is C37H42N4O8S. The molecule has 3 aliphatic heterocycles. The highest BCUT2D eigenvalue weighted by Crippen LogP contribution is 2.38. The maximum absolute atomic E-state index is 13.9. The molecule has 3 heterocycles. The number of carbonyl (C=O) groups is 4. The van der Waals surface area contributed by atoms with Crippen LogP contribution < -0.4 is 19.7 Å². The van der Waals surface area contributed by atoms with E-state index in [1.807, 2.05) is 25.1 Å². The third kappa shape index (κ3) is 7.53. The Hall–Kier alpha value is -4.75. The monoisotopic (exact) mass is 702 g/mol. The Labute approximate surface area is 292 Å². The van der Waals surface area contributed by atoms with Crippen LogP contribution in [0.15, 0.2) is 60.7 Å². The molecular weight excluding hydrogens is 660 g/mol. The van der Waals surface area contributed by atoms with Crippen LogP contribution >= 0.6 is 0 Å². The number of amides is 4. The molecule has 0 saturated carbocycles. The van der Waals surface area contributed by atoms with Crippen molar-refractivity contribution in [1.29, 1.82) is 0 Å². The van der Waals surface area contributed by atoms with E-state index < -0.39 is 33.4 Å². The average molecular weight is 703 g/mol. The molecule has 264 valence electrons. The summed E-state index contributed by atoms with van der Waals surface area (Å²) >= 11 is 0. The van der Waals surface area contributed by atoms with E-state index in [1.165, 1.54) is 12.7 Å². The maximum Gasteiger partial charge on any atom is 0.262 e. The first-order valence-corrected chi connectivity index (χ1v) is 18.9. The fourth-order valence-electron chi connectivity index (χ4n) is 6.95. The molecule has 12 nitrogen and oxygen atoms in total. The normalized spacial score (nSPS) is 19.0. The topological polar surface area (TPSA) is 143 Å². The number of methoxy groups -OCH3 is 1. The summed E-state index contributed by atoms with van der Waals surface area (Å²) in [4.78, 5) is 56.9. The molecule has 2 atom stereocenters. The van der Waals surface area contributed by atoms with Crippen molar-refractivity contribution < 1.29 is 37.1 Å². The summed E-state index contributed by atoms with van der Waals surface area (Å²) in [6.45, 7) is 6.15. The fraction of sp³-hybridized carbons (Fsp3) is 0.405. The van der Waals surface area contributed by atoms with E-state index in [0.717, 1.165) is 61.6 Å². The Balaban J connectivity index is 1.10. The van der Waals surface area contributed by atoms with Gasteiger partial charge >= 0.3 is 0 Å². The van der Waals surface area contributed by atoms with E-state index in [2.05, 4.69) is 27.2 Å². The summed E-state index contributed by atoms with van der Waals surface area (Å²) in [5, 5.41) is 2.42. The van der Waals surface area contributed by atoms with Crippen molar-refractivity contribution in [2.24, 2.45) is 0 Å². The van der Waals surface area contributed by atoms with Gasteiger partial charge < -0.3 is 14.4 Å². The average Bonchev–Trinajstić information content (AvgIpc) is 3.34. The zero-order valence-electron chi connectivity index (χ0n) is 28.5. The molecule has 13 heteroatoms. The molecule has 0 aliphatic carbocycles. The number of piperidine rings is 1. The molecule has 1 unspecified atom stereocenters. The Morgan fingerprint density at radius 3 is 2.26 bits per heavy atom. The molecule has 6 rings (SSSR count). The van der Waals surface area contributed by atoms with Crippen LogP contribution in [0.4, 0.5) is 5.69 Å². The van der Waals surface area contributed by atoms with Crippen LogP contribution in [0.3, 0.4) is 0 Å². The highest BCUT2D eigenvalue weighted by Gasteiger charge is 2.42. The molecule has 2 fully saturated rings. The van der Waals surface area contributed by atoms with Crippen LogP contribution in [-0.4, -0.2) is 100 Å². The molecule has 3 aromatic rings. The lowest BCUT2D eigenvalue weighted by Crippen LogP contribution is -2.47. The number of hydrogen-bond acceptors (Lipinski definition) is 10. The molecule has 2 saturated heterocycles. The number of nitrogens with zero attached hydrogens (tertiary/aromatic N) is 3. The van der Waals surface area contributed by atoms with E-state index in [4.69, 9.17) is 9.47 Å². The Kier molecular flexibility index (Phi) is 10.3. The third-order valence-corrected chi connectivity index (χ3v) is 10.5. The first kappa shape index (κ1) is 35.1. The van der Waals surface area contributed by atoms with Gasteiger partial charge in [0.1, 0.15) is 9.84 Å². The summed E-state index contributed by atoms with van der Waals surface area (Å²) in [7, 11) is -2.10. The lowest BCUT2D eigenvalue weighted by atomic mass is 9.90. The van der Waals surface area contributed by atoms with Gasteiger partial charge in [-0.25, -0.2) is 8.42 Å². The highest BCUT2D eigenvalue weighted by atomic mass is 32.2. The lowest BCUT2D eigenvalue weighted by molar-refractivity contribution is -0.134. The number of nitrogens with one attached hydrogen (secondary N) is 1. The van der Waals surface area contributed by atoms with Crippen molar-refractivity contribution in [2.45, 2.75) is 38.1 Å². The number of imide groups is 2. The first-order chi connectivity index (χ1) is 24.0. The Bertz CT molecular complexity index is 1900. The second kappa shape index (κ2) is 14.6. The number of benzene rings is 3. The van der Waals surface area contributed by atoms with Crippen LogP contribution in [0.2, 0.25) is 0 Å². The van der Waals surface area contributed by atoms with Crippen molar-refractivity contribution >= 4 is 39.2 Å². The molecule has 50 heavy (non-hydrogen) atoms. The predicted molar refractivity (Wildman–Crippen MR) is 187 cm³/mol. The summed E-state index contributed by atoms with van der Waals surface area (Å²) in [6, 6.07) is 17.2. The molecule has 3 aliphatic rings. The first-order valence-electron chi connectivity index (χ1n) is 16.9. The van der Waals surface area contributed by atoms with E-state index >= 15 is 0 Å². The van der Waals surface area contributed by atoms with Gasteiger partial charge in [0.2, 0.25) is 11.8 Å². The van der Waals surface area contributed by atoms with E-state index in [1.54, 1.807) is 30.3 Å². The minimum atomic E-state index is -3.60. The summed E-state index contributed by atoms with van der Waals surface area (Å²) < 4.78 is 36.2.